The fourth-order valence-corrected chi connectivity index (χ4v) is 3.72. The van der Waals surface area contributed by atoms with Crippen LogP contribution in [0.5, 0.6) is 0 Å². The SMILES string of the molecule is Cl.O=C(O)C1CCCCN1Cc1cc(Br)cc2c1NC(O)C(O)N2. The molecule has 0 radical (unpaired) electrons. The van der Waals surface area contributed by atoms with E-state index in [1.165, 1.54) is 0 Å². The lowest BCUT2D eigenvalue weighted by molar-refractivity contribution is -0.144. The van der Waals surface area contributed by atoms with Crippen molar-refractivity contribution < 1.29 is 20.1 Å². The molecule has 1 fully saturated rings. The average molecular weight is 423 g/mol. The van der Waals surface area contributed by atoms with E-state index < -0.39 is 24.5 Å². The molecule has 1 aromatic carbocycles. The van der Waals surface area contributed by atoms with Gasteiger partial charge in [-0.3, -0.25) is 9.69 Å². The molecule has 2 heterocycles. The molecule has 3 unspecified atom stereocenters. The van der Waals surface area contributed by atoms with Gasteiger partial charge in [0.1, 0.15) is 6.04 Å². The van der Waals surface area contributed by atoms with Gasteiger partial charge in [-0.25, -0.2) is 0 Å². The monoisotopic (exact) mass is 421 g/mol. The molecule has 134 valence electrons. The zero-order valence-electron chi connectivity index (χ0n) is 12.9. The van der Waals surface area contributed by atoms with Crippen molar-refractivity contribution in [2.24, 2.45) is 0 Å². The Labute approximate surface area is 154 Å². The number of halogens is 2. The molecule has 0 saturated carbocycles. The van der Waals surface area contributed by atoms with Gasteiger partial charge in [-0.1, -0.05) is 22.4 Å². The number of nitrogens with zero attached hydrogens (tertiary/aromatic N) is 1. The number of anilines is 2. The van der Waals surface area contributed by atoms with Crippen LogP contribution in [0.25, 0.3) is 0 Å². The minimum absolute atomic E-state index is 0. The third-order valence-electron chi connectivity index (χ3n) is 4.35. The Kier molecular flexibility index (Phi) is 6.33. The molecule has 0 aliphatic carbocycles. The summed E-state index contributed by atoms with van der Waals surface area (Å²) in [7, 11) is 0. The summed E-state index contributed by atoms with van der Waals surface area (Å²) in [6, 6.07) is 3.24. The number of fused-ring (bicyclic) bond motifs is 1. The van der Waals surface area contributed by atoms with E-state index >= 15 is 0 Å². The second kappa shape index (κ2) is 7.88. The number of hydrogen-bond acceptors (Lipinski definition) is 6. The van der Waals surface area contributed by atoms with E-state index in [0.717, 1.165) is 29.4 Å². The number of hydrogen-bond donors (Lipinski definition) is 5. The van der Waals surface area contributed by atoms with Crippen LogP contribution in [0.4, 0.5) is 11.4 Å². The van der Waals surface area contributed by atoms with E-state index in [9.17, 15) is 20.1 Å². The van der Waals surface area contributed by atoms with Gasteiger partial charge >= 0.3 is 5.97 Å². The first-order valence-corrected chi connectivity index (χ1v) is 8.43. The van der Waals surface area contributed by atoms with Crippen LogP contribution in [0, 0.1) is 0 Å². The number of nitrogens with one attached hydrogen (secondary N) is 2. The minimum atomic E-state index is -1.11. The maximum Gasteiger partial charge on any atom is 0.320 e. The largest absolute Gasteiger partial charge is 0.480 e. The van der Waals surface area contributed by atoms with Crippen molar-refractivity contribution in [2.45, 2.75) is 44.3 Å². The third-order valence-corrected chi connectivity index (χ3v) is 4.81. The Morgan fingerprint density at radius 2 is 1.96 bits per heavy atom. The molecular formula is C15H21BrClN3O4. The van der Waals surface area contributed by atoms with Crippen LogP contribution in [0.1, 0.15) is 24.8 Å². The smallest absolute Gasteiger partial charge is 0.320 e. The van der Waals surface area contributed by atoms with Gasteiger partial charge in [-0.2, -0.15) is 0 Å². The minimum Gasteiger partial charge on any atom is -0.480 e. The van der Waals surface area contributed by atoms with E-state index in [-0.39, 0.29) is 12.4 Å². The van der Waals surface area contributed by atoms with Gasteiger partial charge in [0.25, 0.3) is 0 Å². The van der Waals surface area contributed by atoms with E-state index in [1.807, 2.05) is 17.0 Å². The van der Waals surface area contributed by atoms with Crippen molar-refractivity contribution >= 4 is 45.7 Å². The summed E-state index contributed by atoms with van der Waals surface area (Å²) < 4.78 is 0.827. The topological polar surface area (TPSA) is 105 Å². The standard InChI is InChI=1S/C15H20BrN3O4.ClH/c16-9-5-8(7-19-4-2-1-3-11(19)15(22)23)12-10(6-9)17-13(20)14(21)18-12;/h5-6,11,13-14,17-18,20-21H,1-4,7H2,(H,22,23);1H. The molecule has 0 amide bonds. The Balaban J connectivity index is 0.00000208. The second-order valence-electron chi connectivity index (χ2n) is 5.99. The highest BCUT2D eigenvalue weighted by Crippen LogP contribution is 2.36. The number of aliphatic hydroxyl groups excluding tert-OH is 2. The number of aliphatic hydroxyl groups is 2. The predicted octanol–water partition coefficient (Wildman–Crippen LogP) is 1.78. The highest BCUT2D eigenvalue weighted by molar-refractivity contribution is 9.10. The molecule has 7 nitrogen and oxygen atoms in total. The summed E-state index contributed by atoms with van der Waals surface area (Å²) in [5.41, 5.74) is 2.25. The molecule has 2 aliphatic heterocycles. The van der Waals surface area contributed by atoms with Crippen molar-refractivity contribution in [3.8, 4) is 0 Å². The summed E-state index contributed by atoms with van der Waals surface area (Å²) in [6.45, 7) is 1.20. The van der Waals surface area contributed by atoms with Gasteiger partial charge in [0.05, 0.1) is 11.4 Å². The molecule has 0 bridgehead atoms. The number of benzene rings is 1. The number of aliphatic carboxylic acids is 1. The van der Waals surface area contributed by atoms with Gasteiger partial charge in [0, 0.05) is 11.0 Å². The molecule has 0 spiro atoms. The summed E-state index contributed by atoms with van der Waals surface area (Å²) in [4.78, 5) is 13.4. The van der Waals surface area contributed by atoms with E-state index in [0.29, 0.717) is 24.3 Å². The van der Waals surface area contributed by atoms with Crippen LogP contribution in [0.3, 0.4) is 0 Å². The van der Waals surface area contributed by atoms with Crippen LogP contribution in [0.15, 0.2) is 16.6 Å². The van der Waals surface area contributed by atoms with Crippen molar-refractivity contribution in [2.75, 3.05) is 17.2 Å². The first kappa shape index (κ1) is 19.3. The highest BCUT2D eigenvalue weighted by atomic mass is 79.9. The molecule has 5 N–H and O–H groups in total. The Morgan fingerprint density at radius 3 is 2.67 bits per heavy atom. The maximum absolute atomic E-state index is 11.5. The van der Waals surface area contributed by atoms with Gasteiger partial charge < -0.3 is 26.0 Å². The van der Waals surface area contributed by atoms with E-state index in [1.54, 1.807) is 0 Å². The van der Waals surface area contributed by atoms with Gasteiger partial charge in [-0.05, 0) is 37.1 Å². The van der Waals surface area contributed by atoms with Gasteiger partial charge in [0.2, 0.25) is 0 Å². The number of carbonyl (C=O) groups is 1. The first-order chi connectivity index (χ1) is 11.0. The first-order valence-electron chi connectivity index (χ1n) is 7.64. The van der Waals surface area contributed by atoms with Crippen LogP contribution >= 0.6 is 28.3 Å². The average Bonchev–Trinajstić information content (AvgIpc) is 2.49. The summed E-state index contributed by atoms with van der Waals surface area (Å²) in [6.07, 6.45) is 0.353. The Bertz CT molecular complexity index is 619. The zero-order valence-corrected chi connectivity index (χ0v) is 15.3. The van der Waals surface area contributed by atoms with E-state index in [4.69, 9.17) is 0 Å². The van der Waals surface area contributed by atoms with Crippen molar-refractivity contribution in [3.05, 3.63) is 22.2 Å². The van der Waals surface area contributed by atoms with Crippen LogP contribution in [-0.4, -0.2) is 51.2 Å². The molecule has 0 aromatic heterocycles. The molecule has 3 rings (SSSR count). The normalized spacial score (nSPS) is 26.5. The van der Waals surface area contributed by atoms with Crippen LogP contribution in [0.2, 0.25) is 0 Å². The van der Waals surface area contributed by atoms with Crippen LogP contribution in [-0.2, 0) is 11.3 Å². The molecule has 1 saturated heterocycles. The van der Waals surface area contributed by atoms with E-state index in [2.05, 4.69) is 26.6 Å². The number of carboxylic acids is 1. The third kappa shape index (κ3) is 3.94. The lowest BCUT2D eigenvalue weighted by Gasteiger charge is -2.35. The number of likely N-dealkylation sites (tertiary alicyclic amines) is 1. The second-order valence-corrected chi connectivity index (χ2v) is 6.90. The van der Waals surface area contributed by atoms with Crippen LogP contribution < -0.4 is 10.6 Å². The molecule has 3 atom stereocenters. The van der Waals surface area contributed by atoms with Gasteiger partial charge in [-0.15, -0.1) is 12.4 Å². The molecule has 2 aliphatic rings. The predicted molar refractivity (Wildman–Crippen MR) is 96.3 cm³/mol. The molecule has 24 heavy (non-hydrogen) atoms. The fraction of sp³-hybridized carbons (Fsp3) is 0.533. The summed E-state index contributed by atoms with van der Waals surface area (Å²) in [5.74, 6) is -0.796. The summed E-state index contributed by atoms with van der Waals surface area (Å²) >= 11 is 3.44. The molecule has 9 heteroatoms. The van der Waals surface area contributed by atoms with Gasteiger partial charge in [0.15, 0.2) is 12.5 Å². The quantitative estimate of drug-likeness (QED) is 0.506. The number of piperidine rings is 1. The lowest BCUT2D eigenvalue weighted by atomic mass is 10.00. The fourth-order valence-electron chi connectivity index (χ4n) is 3.22. The van der Waals surface area contributed by atoms with Crippen molar-refractivity contribution in [1.82, 2.24) is 4.90 Å². The number of rotatable bonds is 3. The van der Waals surface area contributed by atoms with Crippen molar-refractivity contribution in [1.29, 1.82) is 0 Å². The Morgan fingerprint density at radius 1 is 1.25 bits per heavy atom. The summed E-state index contributed by atoms with van der Waals surface area (Å²) in [5, 5.41) is 34.7. The zero-order chi connectivity index (χ0) is 16.6. The lowest BCUT2D eigenvalue weighted by Crippen LogP contribution is -2.45. The maximum atomic E-state index is 11.5. The molecule has 1 aromatic rings. The highest BCUT2D eigenvalue weighted by Gasteiger charge is 2.31. The Hall–Kier alpha value is -1.06. The van der Waals surface area contributed by atoms with Crippen molar-refractivity contribution in [3.63, 3.8) is 0 Å². The molecular weight excluding hydrogens is 402 g/mol. The number of carboxylic acid groups (broad SMARTS) is 1.